The number of hydrogen-bond acceptors (Lipinski definition) is 1. The molecule has 2 rings (SSSR count). The molecule has 6 heteroatoms. The van der Waals surface area contributed by atoms with Crippen molar-refractivity contribution in [3.8, 4) is 0 Å². The molecule has 0 aromatic heterocycles. The Bertz CT molecular complexity index is 693. The summed E-state index contributed by atoms with van der Waals surface area (Å²) in [4.78, 5) is 13.7. The predicted molar refractivity (Wildman–Crippen MR) is 86.4 cm³/mol. The zero-order valence-corrected chi connectivity index (χ0v) is 14.1. The van der Waals surface area contributed by atoms with Crippen LogP contribution in [0.15, 0.2) is 40.9 Å². The Morgan fingerprint density at radius 2 is 1.90 bits per heavy atom. The van der Waals surface area contributed by atoms with Gasteiger partial charge in [-0.25, -0.2) is 4.39 Å². The van der Waals surface area contributed by atoms with Gasteiger partial charge in [0.15, 0.2) is 0 Å². The van der Waals surface area contributed by atoms with Crippen LogP contribution in [0.5, 0.6) is 0 Å². The minimum absolute atomic E-state index is 0.00465. The minimum Gasteiger partial charge on any atom is -0.337 e. The SMILES string of the molecule is CN(Cc1cccc(Cl)c1Cl)C(=O)c1cccc(Br)c1F. The van der Waals surface area contributed by atoms with Crippen LogP contribution in [0.4, 0.5) is 4.39 Å². The molecule has 0 radical (unpaired) electrons. The summed E-state index contributed by atoms with van der Waals surface area (Å²) < 4.78 is 14.2. The maximum Gasteiger partial charge on any atom is 0.256 e. The van der Waals surface area contributed by atoms with Crippen LogP contribution in [-0.4, -0.2) is 17.9 Å². The quantitative estimate of drug-likeness (QED) is 0.708. The van der Waals surface area contributed by atoms with Crippen LogP contribution < -0.4 is 0 Å². The second-order valence-electron chi connectivity index (χ2n) is 4.48. The molecule has 21 heavy (non-hydrogen) atoms. The molecule has 2 aromatic carbocycles. The summed E-state index contributed by atoms with van der Waals surface area (Å²) >= 11 is 15.1. The lowest BCUT2D eigenvalue weighted by atomic mass is 10.1. The highest BCUT2D eigenvalue weighted by molar-refractivity contribution is 9.10. The minimum atomic E-state index is -0.577. The lowest BCUT2D eigenvalue weighted by Gasteiger charge is -2.19. The first kappa shape index (κ1) is 16.3. The Labute approximate surface area is 140 Å². The van der Waals surface area contributed by atoms with E-state index in [1.54, 1.807) is 37.4 Å². The largest absolute Gasteiger partial charge is 0.337 e. The van der Waals surface area contributed by atoms with E-state index in [1.807, 2.05) is 0 Å². The molecule has 0 aliphatic carbocycles. The van der Waals surface area contributed by atoms with Gasteiger partial charge in [-0.05, 0) is 39.7 Å². The fraction of sp³-hybridized carbons (Fsp3) is 0.133. The van der Waals surface area contributed by atoms with E-state index in [0.717, 1.165) is 0 Å². The van der Waals surface area contributed by atoms with Crippen LogP contribution in [0.1, 0.15) is 15.9 Å². The molecule has 0 aliphatic rings. The van der Waals surface area contributed by atoms with Crippen LogP contribution in [0, 0.1) is 5.82 Å². The van der Waals surface area contributed by atoms with Crippen molar-refractivity contribution in [1.82, 2.24) is 4.90 Å². The van der Waals surface area contributed by atoms with Gasteiger partial charge >= 0.3 is 0 Å². The molecule has 0 atom stereocenters. The predicted octanol–water partition coefficient (Wildman–Crippen LogP) is 5.17. The average Bonchev–Trinajstić information content (AvgIpc) is 2.46. The molecule has 0 heterocycles. The fourth-order valence-electron chi connectivity index (χ4n) is 1.87. The summed E-state index contributed by atoms with van der Waals surface area (Å²) in [6.45, 7) is 0.240. The lowest BCUT2D eigenvalue weighted by molar-refractivity contribution is 0.0780. The van der Waals surface area contributed by atoms with E-state index in [4.69, 9.17) is 23.2 Å². The normalized spacial score (nSPS) is 10.5. The zero-order valence-electron chi connectivity index (χ0n) is 11.0. The summed E-state index contributed by atoms with van der Waals surface area (Å²) in [5, 5.41) is 0.817. The molecule has 0 bridgehead atoms. The first-order valence-electron chi connectivity index (χ1n) is 6.04. The summed E-state index contributed by atoms with van der Waals surface area (Å²) in [5.41, 5.74) is 0.709. The molecular weight excluding hydrogens is 380 g/mol. The van der Waals surface area contributed by atoms with E-state index >= 15 is 0 Å². The molecule has 2 aromatic rings. The number of nitrogens with zero attached hydrogens (tertiary/aromatic N) is 1. The summed E-state index contributed by atoms with van der Waals surface area (Å²) in [7, 11) is 1.58. The van der Waals surface area contributed by atoms with Crippen molar-refractivity contribution in [2.75, 3.05) is 7.05 Å². The van der Waals surface area contributed by atoms with Crippen molar-refractivity contribution >= 4 is 45.0 Å². The Hall–Kier alpha value is -1.10. The van der Waals surface area contributed by atoms with Crippen molar-refractivity contribution < 1.29 is 9.18 Å². The van der Waals surface area contributed by atoms with Gasteiger partial charge in [-0.2, -0.15) is 0 Å². The topological polar surface area (TPSA) is 20.3 Å². The Morgan fingerprint density at radius 1 is 1.24 bits per heavy atom. The maximum absolute atomic E-state index is 14.0. The van der Waals surface area contributed by atoms with Gasteiger partial charge in [0.25, 0.3) is 5.91 Å². The Kier molecular flexibility index (Phi) is 5.25. The first-order chi connectivity index (χ1) is 9.91. The molecule has 110 valence electrons. The van der Waals surface area contributed by atoms with E-state index in [2.05, 4.69) is 15.9 Å². The van der Waals surface area contributed by atoms with Crippen LogP contribution in [0.25, 0.3) is 0 Å². The van der Waals surface area contributed by atoms with E-state index in [1.165, 1.54) is 11.0 Å². The number of hydrogen-bond donors (Lipinski definition) is 0. The molecule has 0 saturated carbocycles. The smallest absolute Gasteiger partial charge is 0.256 e. The van der Waals surface area contributed by atoms with Crippen molar-refractivity contribution in [3.05, 3.63) is 67.9 Å². The molecule has 1 amide bonds. The third-order valence-corrected chi connectivity index (χ3v) is 4.44. The molecule has 2 nitrogen and oxygen atoms in total. The summed E-state index contributed by atoms with van der Waals surface area (Å²) in [5.74, 6) is -1.00. The van der Waals surface area contributed by atoms with Gasteiger partial charge in [0.05, 0.1) is 20.1 Å². The Balaban J connectivity index is 2.24. The van der Waals surface area contributed by atoms with Crippen molar-refractivity contribution in [2.45, 2.75) is 6.54 Å². The van der Waals surface area contributed by atoms with Crippen LogP contribution in [0.3, 0.4) is 0 Å². The van der Waals surface area contributed by atoms with Gasteiger partial charge in [0.1, 0.15) is 5.82 Å². The van der Waals surface area contributed by atoms with Crippen LogP contribution in [-0.2, 0) is 6.54 Å². The third kappa shape index (κ3) is 3.57. The number of carbonyl (C=O) groups excluding carboxylic acids is 1. The summed E-state index contributed by atoms with van der Waals surface area (Å²) in [6, 6.07) is 9.79. The monoisotopic (exact) mass is 389 g/mol. The molecule has 0 saturated heterocycles. The number of rotatable bonds is 3. The molecule has 0 unspecified atom stereocenters. The van der Waals surface area contributed by atoms with Crippen LogP contribution in [0.2, 0.25) is 10.0 Å². The highest BCUT2D eigenvalue weighted by atomic mass is 79.9. The molecular formula is C15H11BrCl2FNO. The molecule has 0 spiro atoms. The molecule has 0 fully saturated rings. The Morgan fingerprint density at radius 3 is 2.62 bits per heavy atom. The van der Waals surface area contributed by atoms with Gasteiger partial charge in [-0.1, -0.05) is 41.4 Å². The fourth-order valence-corrected chi connectivity index (χ4v) is 2.62. The first-order valence-corrected chi connectivity index (χ1v) is 7.59. The zero-order chi connectivity index (χ0) is 15.6. The van der Waals surface area contributed by atoms with Crippen molar-refractivity contribution in [1.29, 1.82) is 0 Å². The number of carbonyl (C=O) groups is 1. The van der Waals surface area contributed by atoms with E-state index in [-0.39, 0.29) is 16.6 Å². The van der Waals surface area contributed by atoms with Gasteiger partial charge in [-0.3, -0.25) is 4.79 Å². The standard InChI is InChI=1S/C15H11BrCl2FNO/c1-20(8-9-4-2-7-12(17)13(9)18)15(21)10-5-3-6-11(16)14(10)19/h2-7H,8H2,1H3. The maximum atomic E-state index is 14.0. The number of halogens is 4. The molecule has 0 N–H and O–H groups in total. The van der Waals surface area contributed by atoms with Gasteiger partial charge in [0, 0.05) is 13.6 Å². The van der Waals surface area contributed by atoms with Gasteiger partial charge < -0.3 is 4.90 Å². The van der Waals surface area contributed by atoms with E-state index in [9.17, 15) is 9.18 Å². The highest BCUT2D eigenvalue weighted by Crippen LogP contribution is 2.27. The second-order valence-corrected chi connectivity index (χ2v) is 6.12. The van der Waals surface area contributed by atoms with Gasteiger partial charge in [-0.15, -0.1) is 0 Å². The van der Waals surface area contributed by atoms with E-state index in [0.29, 0.717) is 15.6 Å². The molecule has 0 aliphatic heterocycles. The van der Waals surface area contributed by atoms with Crippen LogP contribution >= 0.6 is 39.1 Å². The lowest BCUT2D eigenvalue weighted by Crippen LogP contribution is -2.27. The highest BCUT2D eigenvalue weighted by Gasteiger charge is 2.19. The average molecular weight is 391 g/mol. The van der Waals surface area contributed by atoms with Crippen molar-refractivity contribution in [3.63, 3.8) is 0 Å². The second kappa shape index (κ2) is 6.77. The third-order valence-electron chi connectivity index (χ3n) is 2.97. The number of benzene rings is 2. The van der Waals surface area contributed by atoms with Gasteiger partial charge in [0.2, 0.25) is 0 Å². The summed E-state index contributed by atoms with van der Waals surface area (Å²) in [6.07, 6.45) is 0. The van der Waals surface area contributed by atoms with Crippen molar-refractivity contribution in [2.24, 2.45) is 0 Å². The van der Waals surface area contributed by atoms with E-state index < -0.39 is 11.7 Å². The number of amides is 1.